The lowest BCUT2D eigenvalue weighted by atomic mass is 9.96. The molecule has 1 aliphatic heterocycles. The van der Waals surface area contributed by atoms with Crippen LogP contribution in [0, 0.1) is 0 Å². The van der Waals surface area contributed by atoms with E-state index in [0.29, 0.717) is 37.6 Å². The van der Waals surface area contributed by atoms with Gasteiger partial charge in [-0.25, -0.2) is 8.42 Å². The van der Waals surface area contributed by atoms with Gasteiger partial charge in [0.15, 0.2) is 0 Å². The van der Waals surface area contributed by atoms with E-state index in [1.165, 1.54) is 0 Å². The fraction of sp³-hybridized carbons (Fsp3) is 0.409. The van der Waals surface area contributed by atoms with Gasteiger partial charge in [-0.05, 0) is 24.1 Å². The Bertz CT molecular complexity index is 880. The highest BCUT2D eigenvalue weighted by Crippen LogP contribution is 2.19. The number of amides is 1. The van der Waals surface area contributed by atoms with E-state index in [9.17, 15) is 13.2 Å². The molecule has 1 heterocycles. The Kier molecular flexibility index (Phi) is 7.41. The predicted octanol–water partition coefficient (Wildman–Crippen LogP) is 2.30. The van der Waals surface area contributed by atoms with E-state index in [1.807, 2.05) is 43.3 Å². The topological polar surface area (TPSA) is 69.7 Å². The van der Waals surface area contributed by atoms with Gasteiger partial charge in [-0.3, -0.25) is 9.69 Å². The highest BCUT2D eigenvalue weighted by Gasteiger charge is 2.28. The molecule has 3 rings (SSSR count). The summed E-state index contributed by atoms with van der Waals surface area (Å²) in [5.41, 5.74) is 1.03. The highest BCUT2D eigenvalue weighted by atomic mass is 32.2. The summed E-state index contributed by atoms with van der Waals surface area (Å²) < 4.78 is 26.9. The van der Waals surface area contributed by atoms with Crippen LogP contribution in [0.25, 0.3) is 0 Å². The Morgan fingerprint density at radius 1 is 0.966 bits per heavy atom. The van der Waals surface area contributed by atoms with Crippen LogP contribution in [-0.4, -0.2) is 62.8 Å². The molecule has 1 N–H and O–H groups in total. The van der Waals surface area contributed by atoms with Crippen LogP contribution in [0.2, 0.25) is 0 Å². The van der Waals surface area contributed by atoms with Gasteiger partial charge in [0.1, 0.15) is 0 Å². The maximum absolute atomic E-state index is 12.7. The van der Waals surface area contributed by atoms with Crippen LogP contribution >= 0.6 is 0 Å². The summed E-state index contributed by atoms with van der Waals surface area (Å²) in [6.45, 7) is 5.56. The van der Waals surface area contributed by atoms with Crippen molar-refractivity contribution in [1.29, 1.82) is 0 Å². The summed E-state index contributed by atoms with van der Waals surface area (Å²) in [5, 5.41) is 3.03. The third-order valence-corrected chi connectivity index (χ3v) is 7.28. The molecule has 1 saturated heterocycles. The van der Waals surface area contributed by atoms with Crippen molar-refractivity contribution in [2.24, 2.45) is 0 Å². The summed E-state index contributed by atoms with van der Waals surface area (Å²) >= 11 is 0. The molecule has 0 radical (unpaired) electrons. The first-order valence-corrected chi connectivity index (χ1v) is 11.6. The van der Waals surface area contributed by atoms with Gasteiger partial charge in [0.25, 0.3) is 0 Å². The zero-order valence-electron chi connectivity index (χ0n) is 16.8. The van der Waals surface area contributed by atoms with E-state index in [1.54, 1.807) is 28.6 Å². The molecule has 0 aromatic heterocycles. The Labute approximate surface area is 173 Å². The quantitative estimate of drug-likeness (QED) is 0.718. The summed E-state index contributed by atoms with van der Waals surface area (Å²) in [5.74, 6) is -0.0898. The van der Waals surface area contributed by atoms with Gasteiger partial charge >= 0.3 is 0 Å². The Balaban J connectivity index is 1.45. The number of hydrogen-bond donors (Lipinski definition) is 1. The minimum Gasteiger partial charge on any atom is -0.354 e. The molecule has 1 amide bonds. The fourth-order valence-electron chi connectivity index (χ4n) is 3.65. The molecule has 1 unspecified atom stereocenters. The third kappa shape index (κ3) is 5.44. The Morgan fingerprint density at radius 3 is 2.14 bits per heavy atom. The van der Waals surface area contributed by atoms with Crippen molar-refractivity contribution >= 4 is 15.9 Å². The zero-order chi connectivity index (χ0) is 20.7. The molecule has 0 aliphatic carbocycles. The van der Waals surface area contributed by atoms with Crippen molar-refractivity contribution in [3.63, 3.8) is 0 Å². The smallest absolute Gasteiger partial charge is 0.243 e. The van der Waals surface area contributed by atoms with Crippen LogP contribution in [-0.2, 0) is 14.8 Å². The maximum Gasteiger partial charge on any atom is 0.243 e. The molecule has 2 aromatic rings. The summed E-state index contributed by atoms with van der Waals surface area (Å²) in [4.78, 5) is 15.1. The van der Waals surface area contributed by atoms with E-state index < -0.39 is 10.0 Å². The van der Waals surface area contributed by atoms with Gasteiger partial charge in [0, 0.05) is 39.3 Å². The largest absolute Gasteiger partial charge is 0.354 e. The van der Waals surface area contributed by atoms with Crippen LogP contribution in [0.15, 0.2) is 65.6 Å². The molecule has 2 aromatic carbocycles. The summed E-state index contributed by atoms with van der Waals surface area (Å²) in [7, 11) is -3.43. The standard InChI is InChI=1S/C22H29N3O3S/c1-2-21(19-9-5-3-6-10-19)22(26)23-13-14-24-15-17-25(18-16-24)29(27,28)20-11-7-4-8-12-20/h3-12,21H,2,13-18H2,1H3,(H,23,26). The molecular formula is C22H29N3O3S. The lowest BCUT2D eigenvalue weighted by Crippen LogP contribution is -2.50. The lowest BCUT2D eigenvalue weighted by Gasteiger charge is -2.34. The van der Waals surface area contributed by atoms with Crippen molar-refractivity contribution in [2.45, 2.75) is 24.2 Å². The molecule has 1 fully saturated rings. The van der Waals surface area contributed by atoms with Crippen LogP contribution in [0.4, 0.5) is 0 Å². The summed E-state index contributed by atoms with van der Waals surface area (Å²) in [6, 6.07) is 18.4. The van der Waals surface area contributed by atoms with E-state index in [0.717, 1.165) is 18.5 Å². The molecule has 1 atom stereocenters. The van der Waals surface area contributed by atoms with Crippen molar-refractivity contribution in [2.75, 3.05) is 39.3 Å². The van der Waals surface area contributed by atoms with Gasteiger partial charge in [0.05, 0.1) is 10.8 Å². The predicted molar refractivity (Wildman–Crippen MR) is 114 cm³/mol. The molecule has 156 valence electrons. The normalized spacial score (nSPS) is 17.0. The average Bonchev–Trinajstić information content (AvgIpc) is 2.76. The van der Waals surface area contributed by atoms with E-state index in [2.05, 4.69) is 10.2 Å². The minimum atomic E-state index is -3.43. The average molecular weight is 416 g/mol. The second kappa shape index (κ2) is 10.0. The van der Waals surface area contributed by atoms with Crippen LogP contribution in [0.3, 0.4) is 0 Å². The van der Waals surface area contributed by atoms with Crippen LogP contribution in [0.1, 0.15) is 24.8 Å². The van der Waals surface area contributed by atoms with Gasteiger partial charge in [0.2, 0.25) is 15.9 Å². The van der Waals surface area contributed by atoms with Crippen molar-refractivity contribution in [3.8, 4) is 0 Å². The number of piperazine rings is 1. The molecule has 0 bridgehead atoms. The van der Waals surface area contributed by atoms with Gasteiger partial charge in [-0.15, -0.1) is 0 Å². The Morgan fingerprint density at radius 2 is 1.55 bits per heavy atom. The van der Waals surface area contributed by atoms with Gasteiger partial charge in [-0.2, -0.15) is 4.31 Å². The third-order valence-electron chi connectivity index (χ3n) is 5.37. The highest BCUT2D eigenvalue weighted by molar-refractivity contribution is 7.89. The lowest BCUT2D eigenvalue weighted by molar-refractivity contribution is -0.122. The maximum atomic E-state index is 12.7. The first-order valence-electron chi connectivity index (χ1n) is 10.1. The molecule has 6 nitrogen and oxygen atoms in total. The first kappa shape index (κ1) is 21.5. The van der Waals surface area contributed by atoms with Crippen molar-refractivity contribution < 1.29 is 13.2 Å². The molecule has 1 aliphatic rings. The second-order valence-corrected chi connectivity index (χ2v) is 9.16. The number of hydrogen-bond acceptors (Lipinski definition) is 4. The number of carbonyl (C=O) groups is 1. The van der Waals surface area contributed by atoms with E-state index in [4.69, 9.17) is 0 Å². The van der Waals surface area contributed by atoms with Crippen molar-refractivity contribution in [3.05, 3.63) is 66.2 Å². The van der Waals surface area contributed by atoms with Crippen molar-refractivity contribution in [1.82, 2.24) is 14.5 Å². The number of rotatable bonds is 8. The number of sulfonamides is 1. The van der Waals surface area contributed by atoms with Crippen LogP contribution < -0.4 is 5.32 Å². The van der Waals surface area contributed by atoms with Crippen LogP contribution in [0.5, 0.6) is 0 Å². The molecule has 29 heavy (non-hydrogen) atoms. The van der Waals surface area contributed by atoms with Gasteiger partial charge in [-0.1, -0.05) is 55.5 Å². The first-order chi connectivity index (χ1) is 14.0. The zero-order valence-corrected chi connectivity index (χ0v) is 17.6. The number of nitrogens with one attached hydrogen (secondary N) is 1. The van der Waals surface area contributed by atoms with E-state index >= 15 is 0 Å². The molecule has 0 spiro atoms. The minimum absolute atomic E-state index is 0.0454. The number of nitrogens with zero attached hydrogens (tertiary/aromatic N) is 2. The SMILES string of the molecule is CCC(C(=O)NCCN1CCN(S(=O)(=O)c2ccccc2)CC1)c1ccccc1. The van der Waals surface area contributed by atoms with E-state index in [-0.39, 0.29) is 11.8 Å². The van der Waals surface area contributed by atoms with Gasteiger partial charge < -0.3 is 5.32 Å². The second-order valence-electron chi connectivity index (χ2n) is 7.22. The monoisotopic (exact) mass is 415 g/mol. The number of carbonyl (C=O) groups excluding carboxylic acids is 1. The summed E-state index contributed by atoms with van der Waals surface area (Å²) in [6.07, 6.45) is 0.756. The molecule has 7 heteroatoms. The number of benzene rings is 2. The molecular weight excluding hydrogens is 386 g/mol. The molecule has 0 saturated carbocycles. The Hall–Kier alpha value is -2.22. The fourth-order valence-corrected chi connectivity index (χ4v) is 5.10.